The van der Waals surface area contributed by atoms with Crippen LogP contribution in [0.3, 0.4) is 0 Å². The highest BCUT2D eigenvalue weighted by Crippen LogP contribution is 2.29. The molecule has 0 aliphatic heterocycles. The summed E-state index contributed by atoms with van der Waals surface area (Å²) in [6.45, 7) is 2.04. The molecule has 4 aromatic rings. The first-order chi connectivity index (χ1) is 14.5. The van der Waals surface area contributed by atoms with Crippen LogP contribution < -0.4 is 10.1 Å². The summed E-state index contributed by atoms with van der Waals surface area (Å²) >= 11 is 1.30. The first-order valence-corrected chi connectivity index (χ1v) is 10.1. The molecule has 0 saturated carbocycles. The van der Waals surface area contributed by atoms with Crippen LogP contribution in [-0.2, 0) is 11.3 Å². The average molecular weight is 421 g/mol. The van der Waals surface area contributed by atoms with Gasteiger partial charge in [-0.25, -0.2) is 4.79 Å². The number of rotatable bonds is 6. The Kier molecular flexibility index (Phi) is 5.54. The van der Waals surface area contributed by atoms with Crippen molar-refractivity contribution in [2.75, 3.05) is 12.4 Å². The molecule has 2 heterocycles. The van der Waals surface area contributed by atoms with Gasteiger partial charge in [0.05, 0.1) is 12.7 Å². The molecule has 0 fully saturated rings. The van der Waals surface area contributed by atoms with Crippen molar-refractivity contribution in [3.63, 3.8) is 0 Å². The van der Waals surface area contributed by atoms with E-state index in [-0.39, 0.29) is 12.4 Å². The van der Waals surface area contributed by atoms with E-state index in [1.807, 2.05) is 49.4 Å². The van der Waals surface area contributed by atoms with Crippen LogP contribution in [0, 0.1) is 6.92 Å². The van der Waals surface area contributed by atoms with Crippen LogP contribution >= 0.6 is 11.3 Å². The Balaban J connectivity index is 1.42. The van der Waals surface area contributed by atoms with Crippen LogP contribution in [0.2, 0.25) is 0 Å². The molecule has 6 nitrogen and oxygen atoms in total. The number of amides is 1. The molecule has 2 aromatic heterocycles. The van der Waals surface area contributed by atoms with Gasteiger partial charge in [-0.3, -0.25) is 4.79 Å². The van der Waals surface area contributed by atoms with Gasteiger partial charge in [-0.05, 0) is 48.0 Å². The SMILES string of the molecule is COC(=O)c1cc(C)sc1NC(=O)c1ccc(COc2ccc3ccccc3c2)o1. The Morgan fingerprint density at radius 3 is 2.63 bits per heavy atom. The lowest BCUT2D eigenvalue weighted by Gasteiger charge is -2.06. The number of hydrogen-bond donors (Lipinski definition) is 1. The van der Waals surface area contributed by atoms with Gasteiger partial charge in [-0.2, -0.15) is 0 Å². The zero-order valence-electron chi connectivity index (χ0n) is 16.4. The van der Waals surface area contributed by atoms with Gasteiger partial charge in [0, 0.05) is 4.88 Å². The van der Waals surface area contributed by atoms with E-state index in [2.05, 4.69) is 5.32 Å². The third kappa shape index (κ3) is 4.21. The molecule has 152 valence electrons. The second kappa shape index (κ2) is 8.42. The number of methoxy groups -OCH3 is 1. The summed E-state index contributed by atoms with van der Waals surface area (Å²) in [5.41, 5.74) is 0.319. The molecule has 0 aliphatic carbocycles. The molecule has 0 unspecified atom stereocenters. The molecular formula is C23H19NO5S. The quantitative estimate of drug-likeness (QED) is 0.421. The lowest BCUT2D eigenvalue weighted by molar-refractivity contribution is 0.0602. The summed E-state index contributed by atoms with van der Waals surface area (Å²) in [6.07, 6.45) is 0. The van der Waals surface area contributed by atoms with Crippen LogP contribution in [0.1, 0.15) is 31.6 Å². The number of ether oxygens (including phenoxy) is 2. The van der Waals surface area contributed by atoms with E-state index in [1.54, 1.807) is 18.2 Å². The fourth-order valence-electron chi connectivity index (χ4n) is 3.02. The summed E-state index contributed by atoms with van der Waals surface area (Å²) in [6, 6.07) is 18.8. The molecular weight excluding hydrogens is 402 g/mol. The number of carbonyl (C=O) groups is 2. The Hall–Kier alpha value is -3.58. The van der Waals surface area contributed by atoms with E-state index < -0.39 is 11.9 Å². The van der Waals surface area contributed by atoms with Crippen LogP contribution in [0.25, 0.3) is 10.8 Å². The molecule has 4 rings (SSSR count). The fraction of sp³-hybridized carbons (Fsp3) is 0.130. The second-order valence-electron chi connectivity index (χ2n) is 6.61. The molecule has 0 aliphatic rings. The van der Waals surface area contributed by atoms with Crippen molar-refractivity contribution in [3.8, 4) is 5.75 Å². The van der Waals surface area contributed by atoms with Crippen molar-refractivity contribution in [3.05, 3.63) is 82.6 Å². The zero-order chi connectivity index (χ0) is 21.1. The van der Waals surface area contributed by atoms with Gasteiger partial charge in [0.15, 0.2) is 5.76 Å². The summed E-state index contributed by atoms with van der Waals surface area (Å²) in [5, 5.41) is 5.36. The first kappa shape index (κ1) is 19.7. The van der Waals surface area contributed by atoms with Crippen LogP contribution in [0.4, 0.5) is 5.00 Å². The molecule has 2 aromatic carbocycles. The third-order valence-corrected chi connectivity index (χ3v) is 5.44. The molecule has 1 amide bonds. The van der Waals surface area contributed by atoms with Crippen molar-refractivity contribution in [1.29, 1.82) is 0 Å². The van der Waals surface area contributed by atoms with Gasteiger partial charge >= 0.3 is 5.97 Å². The van der Waals surface area contributed by atoms with E-state index in [9.17, 15) is 9.59 Å². The van der Waals surface area contributed by atoms with Gasteiger partial charge in [-0.1, -0.05) is 30.3 Å². The van der Waals surface area contributed by atoms with Crippen molar-refractivity contribution in [2.24, 2.45) is 0 Å². The molecule has 7 heteroatoms. The maximum atomic E-state index is 12.5. The van der Waals surface area contributed by atoms with E-state index in [0.717, 1.165) is 15.6 Å². The Morgan fingerprint density at radius 2 is 1.83 bits per heavy atom. The van der Waals surface area contributed by atoms with Crippen molar-refractivity contribution >= 4 is 39.0 Å². The van der Waals surface area contributed by atoms with Crippen molar-refractivity contribution in [1.82, 2.24) is 0 Å². The standard InChI is InChI=1S/C23H19NO5S/c1-14-11-19(23(26)27-2)22(30-14)24-21(25)20-10-9-18(29-20)13-28-17-8-7-15-5-3-4-6-16(15)12-17/h3-12H,13H2,1-2H3,(H,24,25). The van der Waals surface area contributed by atoms with E-state index in [4.69, 9.17) is 13.9 Å². The summed E-state index contributed by atoms with van der Waals surface area (Å²) < 4.78 is 16.2. The molecule has 0 radical (unpaired) electrons. The largest absolute Gasteiger partial charge is 0.486 e. The number of nitrogens with one attached hydrogen (secondary N) is 1. The molecule has 0 atom stereocenters. The number of thiophene rings is 1. The Bertz CT molecular complexity index is 1220. The lowest BCUT2D eigenvalue weighted by atomic mass is 10.1. The monoisotopic (exact) mass is 421 g/mol. The minimum Gasteiger partial charge on any atom is -0.486 e. The maximum absolute atomic E-state index is 12.5. The van der Waals surface area contributed by atoms with Gasteiger partial charge < -0.3 is 19.2 Å². The first-order valence-electron chi connectivity index (χ1n) is 9.24. The highest BCUT2D eigenvalue weighted by atomic mass is 32.1. The summed E-state index contributed by atoms with van der Waals surface area (Å²) in [4.78, 5) is 25.3. The summed E-state index contributed by atoms with van der Waals surface area (Å²) in [7, 11) is 1.30. The number of carbonyl (C=O) groups excluding carboxylic acids is 2. The van der Waals surface area contributed by atoms with E-state index in [0.29, 0.717) is 22.1 Å². The van der Waals surface area contributed by atoms with Gasteiger partial charge in [0.25, 0.3) is 5.91 Å². The van der Waals surface area contributed by atoms with Crippen molar-refractivity contribution < 1.29 is 23.5 Å². The predicted octanol–water partition coefficient (Wildman–Crippen LogP) is 5.42. The highest BCUT2D eigenvalue weighted by Gasteiger charge is 2.19. The normalized spacial score (nSPS) is 10.7. The predicted molar refractivity (Wildman–Crippen MR) is 115 cm³/mol. The topological polar surface area (TPSA) is 77.8 Å². The molecule has 30 heavy (non-hydrogen) atoms. The van der Waals surface area contributed by atoms with Gasteiger partial charge in [-0.15, -0.1) is 11.3 Å². The van der Waals surface area contributed by atoms with E-state index >= 15 is 0 Å². The number of anilines is 1. The molecule has 0 bridgehead atoms. The third-order valence-electron chi connectivity index (χ3n) is 4.48. The van der Waals surface area contributed by atoms with Crippen LogP contribution in [-0.4, -0.2) is 19.0 Å². The zero-order valence-corrected chi connectivity index (χ0v) is 17.2. The van der Waals surface area contributed by atoms with Gasteiger partial charge in [0.2, 0.25) is 0 Å². The number of furan rings is 1. The number of esters is 1. The minimum atomic E-state index is -0.501. The van der Waals surface area contributed by atoms with E-state index in [1.165, 1.54) is 18.4 Å². The smallest absolute Gasteiger partial charge is 0.340 e. The minimum absolute atomic E-state index is 0.133. The number of fused-ring (bicyclic) bond motifs is 1. The number of hydrogen-bond acceptors (Lipinski definition) is 6. The molecule has 0 spiro atoms. The molecule has 1 N–H and O–H groups in total. The maximum Gasteiger partial charge on any atom is 0.340 e. The summed E-state index contributed by atoms with van der Waals surface area (Å²) in [5.74, 6) is 0.420. The fourth-order valence-corrected chi connectivity index (χ4v) is 3.92. The lowest BCUT2D eigenvalue weighted by Crippen LogP contribution is -2.13. The second-order valence-corrected chi connectivity index (χ2v) is 7.87. The molecule has 0 saturated heterocycles. The number of aryl methyl sites for hydroxylation is 1. The van der Waals surface area contributed by atoms with Gasteiger partial charge in [0.1, 0.15) is 23.1 Å². The Morgan fingerprint density at radius 1 is 1.03 bits per heavy atom. The Labute approximate surface area is 177 Å². The van der Waals surface area contributed by atoms with Crippen LogP contribution in [0.5, 0.6) is 5.75 Å². The highest BCUT2D eigenvalue weighted by molar-refractivity contribution is 7.16. The average Bonchev–Trinajstić information content (AvgIpc) is 3.38. The van der Waals surface area contributed by atoms with Crippen LogP contribution in [0.15, 0.2) is 65.1 Å². The van der Waals surface area contributed by atoms with Crippen molar-refractivity contribution in [2.45, 2.75) is 13.5 Å². The number of benzene rings is 2.